The van der Waals surface area contributed by atoms with E-state index in [2.05, 4.69) is 0 Å². The van der Waals surface area contributed by atoms with E-state index in [0.29, 0.717) is 0 Å². The topological polar surface area (TPSA) is 182 Å². The molecule has 0 bridgehead atoms. The molecule has 0 atom stereocenters. The molecule has 0 unspecified atom stereocenters. The first kappa shape index (κ1) is 21.3. The van der Waals surface area contributed by atoms with Gasteiger partial charge in [0.05, 0.1) is 32.9 Å². The number of ether oxygens (including phenoxy) is 1. The summed E-state index contributed by atoms with van der Waals surface area (Å²) in [5, 5.41) is 44.2. The number of para-hydroxylation sites is 2. The molecule has 29 heavy (non-hydrogen) atoms. The van der Waals surface area contributed by atoms with Crippen LogP contribution in [0.15, 0.2) is 36.4 Å². The second kappa shape index (κ2) is 9.27. The number of hydrogen-bond donors (Lipinski definition) is 0. The van der Waals surface area contributed by atoms with E-state index in [1.165, 1.54) is 24.3 Å². The van der Waals surface area contributed by atoms with Crippen molar-refractivity contribution in [2.24, 2.45) is 0 Å². The van der Waals surface area contributed by atoms with Gasteiger partial charge in [-0.2, -0.15) is 0 Å². The van der Waals surface area contributed by atoms with Crippen LogP contribution in [0, 0.1) is 40.5 Å². The Kier molecular flexibility index (Phi) is 6.81. The molecule has 13 heteroatoms. The number of hydrogen-bond acceptors (Lipinski definition) is 9. The lowest BCUT2D eigenvalue weighted by Gasteiger charge is -2.06. The molecule has 0 spiro atoms. The molecule has 2 aromatic carbocycles. The normalized spacial score (nSPS) is 10.5. The Morgan fingerprint density at radius 2 is 1.00 bits per heavy atom. The Hall–Kier alpha value is -4.00. The first-order chi connectivity index (χ1) is 13.7. The molecule has 0 fully saturated rings. The molecule has 0 aliphatic rings. The van der Waals surface area contributed by atoms with Crippen LogP contribution in [-0.4, -0.2) is 32.9 Å². The molecule has 0 saturated carbocycles. The molecule has 0 N–H and O–H groups in total. The summed E-state index contributed by atoms with van der Waals surface area (Å²) in [6.45, 7) is -0.0739. The van der Waals surface area contributed by atoms with Gasteiger partial charge in [0.25, 0.3) is 0 Å². The number of benzene rings is 2. The highest BCUT2D eigenvalue weighted by atomic mass is 16.6. The zero-order valence-electron chi connectivity index (χ0n) is 14.8. The third kappa shape index (κ3) is 5.04. The third-order valence-electron chi connectivity index (χ3n) is 3.99. The van der Waals surface area contributed by atoms with E-state index in [9.17, 15) is 40.5 Å². The van der Waals surface area contributed by atoms with Crippen LogP contribution in [0.2, 0.25) is 0 Å². The fourth-order valence-electron chi connectivity index (χ4n) is 2.74. The van der Waals surface area contributed by atoms with E-state index in [-0.39, 0.29) is 37.2 Å². The van der Waals surface area contributed by atoms with E-state index in [0.717, 1.165) is 12.1 Å². The Labute approximate surface area is 162 Å². The quantitative estimate of drug-likeness (QED) is 0.325. The molecule has 0 aromatic heterocycles. The lowest BCUT2D eigenvalue weighted by molar-refractivity contribution is -0.423. The number of nitro groups is 4. The minimum absolute atomic E-state index is 0.00895. The highest BCUT2D eigenvalue weighted by Crippen LogP contribution is 2.32. The van der Waals surface area contributed by atoms with Crippen molar-refractivity contribution < 1.29 is 24.4 Å². The fourth-order valence-corrected chi connectivity index (χ4v) is 2.74. The smallest absolute Gasteiger partial charge is 0.349 e. The van der Waals surface area contributed by atoms with Crippen LogP contribution < -0.4 is 0 Å². The van der Waals surface area contributed by atoms with Crippen molar-refractivity contribution in [3.8, 4) is 0 Å². The highest BCUT2D eigenvalue weighted by molar-refractivity contribution is 5.58. The van der Waals surface area contributed by atoms with Gasteiger partial charge in [0.15, 0.2) is 0 Å². The molecule has 0 radical (unpaired) electrons. The summed E-state index contributed by atoms with van der Waals surface area (Å²) in [6, 6.07) is 7.47. The van der Waals surface area contributed by atoms with Crippen molar-refractivity contribution in [3.63, 3.8) is 0 Å². The number of rotatable bonds is 10. The molecular formula is C16H14N4O9. The molecule has 2 aromatic rings. The van der Waals surface area contributed by atoms with Gasteiger partial charge < -0.3 is 4.74 Å². The lowest BCUT2D eigenvalue weighted by Crippen LogP contribution is -2.07. The summed E-state index contributed by atoms with van der Waals surface area (Å²) in [5.41, 5.74) is -2.25. The second-order valence-electron chi connectivity index (χ2n) is 5.71. The largest absolute Gasteiger partial charge is 0.381 e. The van der Waals surface area contributed by atoms with Gasteiger partial charge in [0, 0.05) is 36.1 Å². The molecule has 0 amide bonds. The predicted octanol–water partition coefficient (Wildman–Crippen LogP) is 3.12. The van der Waals surface area contributed by atoms with Crippen molar-refractivity contribution in [1.82, 2.24) is 0 Å². The SMILES string of the molecule is O=[N+]([O-])c1cccc(CCOCCc2cccc([N+](=O)[O-])c2[N+](=O)[O-])c1[N+](=O)[O-]. The lowest BCUT2D eigenvalue weighted by atomic mass is 10.1. The van der Waals surface area contributed by atoms with Crippen molar-refractivity contribution >= 4 is 22.7 Å². The maximum atomic E-state index is 11.2. The van der Waals surface area contributed by atoms with E-state index in [4.69, 9.17) is 4.74 Å². The van der Waals surface area contributed by atoms with Crippen molar-refractivity contribution in [2.75, 3.05) is 13.2 Å². The molecule has 2 rings (SSSR count). The average molecular weight is 406 g/mol. The van der Waals surface area contributed by atoms with Crippen LogP contribution in [0.25, 0.3) is 0 Å². The summed E-state index contributed by atoms with van der Waals surface area (Å²) in [4.78, 5) is 40.8. The Morgan fingerprint density at radius 1 is 0.621 bits per heavy atom. The molecule has 13 nitrogen and oxygen atoms in total. The fraction of sp³-hybridized carbons (Fsp3) is 0.250. The van der Waals surface area contributed by atoms with Crippen LogP contribution in [-0.2, 0) is 17.6 Å². The maximum Gasteiger partial charge on any atom is 0.349 e. The van der Waals surface area contributed by atoms with E-state index < -0.39 is 42.4 Å². The van der Waals surface area contributed by atoms with Gasteiger partial charge in [-0.15, -0.1) is 0 Å². The molecule has 0 saturated heterocycles. The van der Waals surface area contributed by atoms with Crippen LogP contribution in [0.1, 0.15) is 11.1 Å². The molecule has 0 heterocycles. The van der Waals surface area contributed by atoms with Crippen LogP contribution in [0.5, 0.6) is 0 Å². The zero-order valence-corrected chi connectivity index (χ0v) is 14.8. The van der Waals surface area contributed by atoms with Crippen molar-refractivity contribution in [1.29, 1.82) is 0 Å². The molecular weight excluding hydrogens is 392 g/mol. The maximum absolute atomic E-state index is 11.2. The van der Waals surface area contributed by atoms with Gasteiger partial charge in [0.1, 0.15) is 0 Å². The standard InChI is InChI=1S/C16H14N4O9/c21-17(22)13-5-1-3-11(15(13)19(25)26)7-9-29-10-8-12-4-2-6-14(18(23)24)16(12)20(27)28/h1-6H,7-10H2. The summed E-state index contributed by atoms with van der Waals surface area (Å²) in [7, 11) is 0. The minimum Gasteiger partial charge on any atom is -0.381 e. The molecule has 0 aliphatic heterocycles. The summed E-state index contributed by atoms with van der Waals surface area (Å²) >= 11 is 0. The second-order valence-corrected chi connectivity index (χ2v) is 5.71. The zero-order chi connectivity index (χ0) is 21.6. The first-order valence-corrected chi connectivity index (χ1v) is 8.13. The van der Waals surface area contributed by atoms with Gasteiger partial charge in [-0.05, 0) is 0 Å². The number of nitrogens with zero attached hydrogens (tertiary/aromatic N) is 4. The highest BCUT2D eigenvalue weighted by Gasteiger charge is 2.28. The molecule has 152 valence electrons. The van der Waals surface area contributed by atoms with Crippen LogP contribution >= 0.6 is 0 Å². The summed E-state index contributed by atoms with van der Waals surface area (Å²) < 4.78 is 5.33. The van der Waals surface area contributed by atoms with Gasteiger partial charge in [0.2, 0.25) is 0 Å². The van der Waals surface area contributed by atoms with Crippen molar-refractivity contribution in [2.45, 2.75) is 12.8 Å². The third-order valence-corrected chi connectivity index (χ3v) is 3.99. The number of nitro benzene ring substituents is 4. The Balaban J connectivity index is 2.03. The minimum atomic E-state index is -0.843. The van der Waals surface area contributed by atoms with Crippen LogP contribution in [0.3, 0.4) is 0 Å². The predicted molar refractivity (Wildman–Crippen MR) is 97.7 cm³/mol. The summed E-state index contributed by atoms with van der Waals surface area (Å²) in [5.74, 6) is 0. The Morgan fingerprint density at radius 3 is 1.31 bits per heavy atom. The van der Waals surface area contributed by atoms with Gasteiger partial charge in [-0.1, -0.05) is 24.3 Å². The van der Waals surface area contributed by atoms with E-state index in [1.54, 1.807) is 0 Å². The monoisotopic (exact) mass is 406 g/mol. The Bertz CT molecular complexity index is 899. The van der Waals surface area contributed by atoms with Crippen LogP contribution in [0.4, 0.5) is 22.7 Å². The van der Waals surface area contributed by atoms with E-state index in [1.807, 2.05) is 0 Å². The van der Waals surface area contributed by atoms with Gasteiger partial charge >= 0.3 is 22.7 Å². The molecule has 0 aliphatic carbocycles. The van der Waals surface area contributed by atoms with Crippen molar-refractivity contribution in [3.05, 3.63) is 88.0 Å². The summed E-state index contributed by atoms with van der Waals surface area (Å²) in [6.07, 6.45) is 0.0179. The van der Waals surface area contributed by atoms with Gasteiger partial charge in [-0.3, -0.25) is 40.5 Å². The first-order valence-electron chi connectivity index (χ1n) is 8.13. The van der Waals surface area contributed by atoms with E-state index >= 15 is 0 Å². The average Bonchev–Trinajstić information content (AvgIpc) is 2.66. The van der Waals surface area contributed by atoms with Gasteiger partial charge in [-0.25, -0.2) is 0 Å².